The monoisotopic (exact) mass is 223 g/mol. The highest BCUT2D eigenvalue weighted by molar-refractivity contribution is 5.30. The zero-order chi connectivity index (χ0) is 11.8. The topological polar surface area (TPSA) is 26.0 Å². The molecule has 1 aromatic carbocycles. The summed E-state index contributed by atoms with van der Waals surface area (Å²) in [6.45, 7) is 2.64. The molecule has 1 aromatic rings. The van der Waals surface area contributed by atoms with Crippen molar-refractivity contribution in [2.24, 2.45) is 5.73 Å². The first kappa shape index (κ1) is 13.2. The molecule has 0 aliphatic carbocycles. The summed E-state index contributed by atoms with van der Waals surface area (Å²) in [5.41, 5.74) is 8.47. The molecule has 1 atom stereocenters. The largest absolute Gasteiger partial charge is 0.330 e. The third kappa shape index (κ3) is 3.60. The van der Waals surface area contributed by atoms with Crippen LogP contribution in [0.1, 0.15) is 43.2 Å². The number of hydrogen-bond acceptors (Lipinski definition) is 1. The summed E-state index contributed by atoms with van der Waals surface area (Å²) in [5, 5.41) is 0. The minimum Gasteiger partial charge on any atom is -0.330 e. The molecule has 16 heavy (non-hydrogen) atoms. The van der Waals surface area contributed by atoms with Gasteiger partial charge in [0, 0.05) is 0 Å². The van der Waals surface area contributed by atoms with Gasteiger partial charge in [-0.05, 0) is 49.3 Å². The molecule has 0 saturated carbocycles. The first-order valence-electron chi connectivity index (χ1n) is 6.17. The molecular weight excluding hydrogens is 201 g/mol. The molecule has 0 aliphatic heterocycles. The summed E-state index contributed by atoms with van der Waals surface area (Å²) in [6.07, 6.45) is 3.62. The highest BCUT2D eigenvalue weighted by Crippen LogP contribution is 2.23. The fraction of sp³-hybridized carbons (Fsp3) is 0.571. The number of alkyl halides is 1. The van der Waals surface area contributed by atoms with Crippen molar-refractivity contribution in [2.75, 3.05) is 13.2 Å². The van der Waals surface area contributed by atoms with Crippen LogP contribution in [-0.2, 0) is 6.42 Å². The fourth-order valence-electron chi connectivity index (χ4n) is 2.08. The maximum absolute atomic E-state index is 12.1. The molecule has 0 fully saturated rings. The quantitative estimate of drug-likeness (QED) is 0.704. The van der Waals surface area contributed by atoms with Crippen molar-refractivity contribution < 1.29 is 4.39 Å². The van der Waals surface area contributed by atoms with Gasteiger partial charge in [0.15, 0.2) is 0 Å². The van der Waals surface area contributed by atoms with E-state index in [-0.39, 0.29) is 6.67 Å². The van der Waals surface area contributed by atoms with E-state index in [1.165, 1.54) is 11.1 Å². The van der Waals surface area contributed by atoms with Gasteiger partial charge < -0.3 is 5.73 Å². The van der Waals surface area contributed by atoms with E-state index in [4.69, 9.17) is 5.73 Å². The summed E-state index contributed by atoms with van der Waals surface area (Å²) in [4.78, 5) is 0. The molecule has 2 heteroatoms. The maximum atomic E-state index is 12.1. The highest BCUT2D eigenvalue weighted by Gasteiger charge is 2.10. The Balaban J connectivity index is 2.74. The van der Waals surface area contributed by atoms with E-state index in [1.54, 1.807) is 0 Å². The molecule has 1 nitrogen and oxygen atoms in total. The second-order valence-corrected chi connectivity index (χ2v) is 4.19. The Morgan fingerprint density at radius 3 is 2.62 bits per heavy atom. The van der Waals surface area contributed by atoms with Crippen molar-refractivity contribution in [3.05, 3.63) is 35.4 Å². The predicted octanol–water partition coefficient (Wildman–Crippen LogP) is 3.43. The van der Waals surface area contributed by atoms with Crippen molar-refractivity contribution >= 4 is 0 Å². The van der Waals surface area contributed by atoms with Gasteiger partial charge in [-0.3, -0.25) is 4.39 Å². The second kappa shape index (κ2) is 7.39. The van der Waals surface area contributed by atoms with Gasteiger partial charge in [0.05, 0.1) is 6.67 Å². The molecule has 0 amide bonds. The van der Waals surface area contributed by atoms with E-state index in [0.29, 0.717) is 18.9 Å². The number of nitrogens with two attached hydrogens (primary N) is 1. The third-order valence-corrected chi connectivity index (χ3v) is 3.10. The van der Waals surface area contributed by atoms with Crippen LogP contribution in [0.25, 0.3) is 0 Å². The second-order valence-electron chi connectivity index (χ2n) is 4.19. The van der Waals surface area contributed by atoms with Crippen molar-refractivity contribution in [1.82, 2.24) is 0 Å². The number of hydrogen-bond donors (Lipinski definition) is 1. The smallest absolute Gasteiger partial charge is 0.0894 e. The van der Waals surface area contributed by atoms with E-state index >= 15 is 0 Å². The van der Waals surface area contributed by atoms with Crippen molar-refractivity contribution in [1.29, 1.82) is 0 Å². The lowest BCUT2D eigenvalue weighted by atomic mass is 9.90. The van der Waals surface area contributed by atoms with Crippen LogP contribution in [0.5, 0.6) is 0 Å². The lowest BCUT2D eigenvalue weighted by Crippen LogP contribution is -2.13. The zero-order valence-electron chi connectivity index (χ0n) is 10.1. The molecule has 0 heterocycles. The lowest BCUT2D eigenvalue weighted by molar-refractivity contribution is 0.461. The van der Waals surface area contributed by atoms with Gasteiger partial charge in [0.2, 0.25) is 0 Å². The van der Waals surface area contributed by atoms with E-state index in [0.717, 1.165) is 19.3 Å². The van der Waals surface area contributed by atoms with E-state index in [1.807, 2.05) is 0 Å². The van der Waals surface area contributed by atoms with Crippen LogP contribution >= 0.6 is 0 Å². The van der Waals surface area contributed by atoms with Gasteiger partial charge in [-0.1, -0.05) is 31.2 Å². The van der Waals surface area contributed by atoms with Crippen LogP contribution in [0.15, 0.2) is 24.3 Å². The SMILES string of the molecule is CCC(CN)c1ccccc1CCCCF. The summed E-state index contributed by atoms with van der Waals surface area (Å²) >= 11 is 0. The lowest BCUT2D eigenvalue weighted by Gasteiger charge is -2.17. The van der Waals surface area contributed by atoms with E-state index in [2.05, 4.69) is 31.2 Å². The zero-order valence-corrected chi connectivity index (χ0v) is 10.1. The minimum absolute atomic E-state index is 0.212. The van der Waals surface area contributed by atoms with Gasteiger partial charge >= 0.3 is 0 Å². The van der Waals surface area contributed by atoms with Crippen LogP contribution in [0.3, 0.4) is 0 Å². The Bertz CT molecular complexity index is 295. The van der Waals surface area contributed by atoms with Crippen LogP contribution in [0.4, 0.5) is 4.39 Å². The van der Waals surface area contributed by atoms with Gasteiger partial charge in [-0.15, -0.1) is 0 Å². The van der Waals surface area contributed by atoms with Gasteiger partial charge in [0.25, 0.3) is 0 Å². The summed E-state index contributed by atoms with van der Waals surface area (Å²) in [7, 11) is 0. The highest BCUT2D eigenvalue weighted by atomic mass is 19.1. The number of aryl methyl sites for hydroxylation is 1. The molecule has 1 rings (SSSR count). The average molecular weight is 223 g/mol. The first-order chi connectivity index (χ1) is 7.83. The van der Waals surface area contributed by atoms with Crippen LogP contribution in [0, 0.1) is 0 Å². The van der Waals surface area contributed by atoms with Crippen molar-refractivity contribution in [2.45, 2.75) is 38.5 Å². The van der Waals surface area contributed by atoms with Crippen molar-refractivity contribution in [3.8, 4) is 0 Å². The Hall–Kier alpha value is -0.890. The molecule has 2 N–H and O–H groups in total. The Morgan fingerprint density at radius 2 is 2.00 bits per heavy atom. The van der Waals surface area contributed by atoms with Gasteiger partial charge in [0.1, 0.15) is 0 Å². The molecule has 0 aromatic heterocycles. The Labute approximate surface area is 97.9 Å². The Kier molecular flexibility index (Phi) is 6.09. The van der Waals surface area contributed by atoms with Crippen LogP contribution in [-0.4, -0.2) is 13.2 Å². The number of rotatable bonds is 7. The third-order valence-electron chi connectivity index (χ3n) is 3.10. The molecule has 0 aliphatic rings. The molecule has 0 spiro atoms. The summed E-state index contributed by atoms with van der Waals surface area (Å²) in [6, 6.07) is 8.42. The van der Waals surface area contributed by atoms with Gasteiger partial charge in [-0.2, -0.15) is 0 Å². The molecule has 0 saturated heterocycles. The fourth-order valence-corrected chi connectivity index (χ4v) is 2.08. The van der Waals surface area contributed by atoms with E-state index in [9.17, 15) is 4.39 Å². The van der Waals surface area contributed by atoms with Gasteiger partial charge in [-0.25, -0.2) is 0 Å². The standard InChI is InChI=1S/C14H22FN/c1-2-12(11-16)14-9-4-3-7-13(14)8-5-6-10-15/h3-4,7,9,12H,2,5-6,8,10-11,16H2,1H3. The molecule has 0 radical (unpaired) electrons. The predicted molar refractivity (Wildman–Crippen MR) is 67.4 cm³/mol. The molecular formula is C14H22FN. The molecule has 1 unspecified atom stereocenters. The normalized spacial score (nSPS) is 12.7. The Morgan fingerprint density at radius 1 is 1.25 bits per heavy atom. The number of halogens is 1. The summed E-state index contributed by atoms with van der Waals surface area (Å²) in [5.74, 6) is 0.446. The van der Waals surface area contributed by atoms with Crippen LogP contribution in [0.2, 0.25) is 0 Å². The van der Waals surface area contributed by atoms with Crippen molar-refractivity contribution in [3.63, 3.8) is 0 Å². The average Bonchev–Trinajstić information content (AvgIpc) is 2.33. The maximum Gasteiger partial charge on any atom is 0.0894 e. The summed E-state index contributed by atoms with van der Waals surface area (Å²) < 4.78 is 12.1. The number of benzene rings is 1. The van der Waals surface area contributed by atoms with E-state index < -0.39 is 0 Å². The number of unbranched alkanes of at least 4 members (excludes halogenated alkanes) is 1. The molecule has 0 bridgehead atoms. The minimum atomic E-state index is -0.212. The van der Waals surface area contributed by atoms with Crippen LogP contribution < -0.4 is 5.73 Å². The molecule has 90 valence electrons. The first-order valence-corrected chi connectivity index (χ1v) is 6.17.